The molecule has 0 fully saturated rings. The van der Waals surface area contributed by atoms with Crippen LogP contribution in [-0.4, -0.2) is 19.7 Å². The van der Waals surface area contributed by atoms with E-state index in [2.05, 4.69) is 33.4 Å². The summed E-state index contributed by atoms with van der Waals surface area (Å²) in [7, 11) is 2.01. The third-order valence-electron chi connectivity index (χ3n) is 3.58. The van der Waals surface area contributed by atoms with E-state index in [0.29, 0.717) is 0 Å². The number of hydrogen-bond acceptors (Lipinski definition) is 5. The minimum atomic E-state index is 0.782. The van der Waals surface area contributed by atoms with Crippen LogP contribution in [0.1, 0.15) is 11.4 Å². The molecule has 2 heterocycles. The van der Waals surface area contributed by atoms with Crippen LogP contribution < -0.4 is 0 Å². The Hall–Kier alpha value is -2.18. The fraction of sp³-hybridized carbons (Fsp3) is 0.118. The van der Waals surface area contributed by atoms with Gasteiger partial charge in [0.05, 0.1) is 10.2 Å². The zero-order valence-electron chi connectivity index (χ0n) is 12.5. The lowest BCUT2D eigenvalue weighted by molar-refractivity contribution is 0.749. The van der Waals surface area contributed by atoms with E-state index in [4.69, 9.17) is 0 Å². The van der Waals surface area contributed by atoms with E-state index in [0.717, 1.165) is 27.3 Å². The summed E-state index contributed by atoms with van der Waals surface area (Å²) in [6.07, 6.45) is 0.782. The molecule has 6 heteroatoms. The van der Waals surface area contributed by atoms with Crippen molar-refractivity contribution >= 4 is 33.3 Å². The smallest absolute Gasteiger partial charge is 0.198 e. The van der Waals surface area contributed by atoms with Gasteiger partial charge in [-0.1, -0.05) is 42.5 Å². The maximum absolute atomic E-state index is 4.64. The number of hydrogen-bond donors (Lipinski definition) is 0. The van der Waals surface area contributed by atoms with Crippen LogP contribution in [0.25, 0.3) is 10.2 Å². The van der Waals surface area contributed by atoms with Crippen LogP contribution in [0.5, 0.6) is 0 Å². The normalized spacial score (nSPS) is 11.2. The molecule has 0 amide bonds. The molecule has 2 aromatic carbocycles. The second-order valence-electron chi connectivity index (χ2n) is 5.17. The zero-order valence-corrected chi connectivity index (χ0v) is 14.1. The fourth-order valence-electron chi connectivity index (χ4n) is 2.34. The Bertz CT molecular complexity index is 911. The molecule has 23 heavy (non-hydrogen) atoms. The van der Waals surface area contributed by atoms with Gasteiger partial charge in [-0.15, -0.1) is 21.5 Å². The molecule has 0 radical (unpaired) electrons. The molecule has 0 saturated heterocycles. The highest BCUT2D eigenvalue weighted by molar-refractivity contribution is 8.01. The Morgan fingerprint density at radius 1 is 1.00 bits per heavy atom. The van der Waals surface area contributed by atoms with Gasteiger partial charge in [-0.2, -0.15) is 0 Å². The first-order chi connectivity index (χ1) is 11.3. The molecule has 2 aromatic heterocycles. The Morgan fingerprint density at radius 2 is 1.78 bits per heavy atom. The van der Waals surface area contributed by atoms with Gasteiger partial charge in [0.2, 0.25) is 0 Å². The number of aromatic nitrogens is 4. The van der Waals surface area contributed by atoms with Crippen LogP contribution in [0.4, 0.5) is 0 Å². The van der Waals surface area contributed by atoms with E-state index >= 15 is 0 Å². The van der Waals surface area contributed by atoms with Crippen molar-refractivity contribution < 1.29 is 0 Å². The number of thiazole rings is 1. The van der Waals surface area contributed by atoms with Crippen molar-refractivity contribution in [3.05, 3.63) is 66.0 Å². The van der Waals surface area contributed by atoms with Crippen molar-refractivity contribution in [3.63, 3.8) is 0 Å². The summed E-state index contributed by atoms with van der Waals surface area (Å²) in [5.74, 6) is 0.958. The minimum Gasteiger partial charge on any atom is -0.309 e. The van der Waals surface area contributed by atoms with Crippen molar-refractivity contribution in [1.82, 2.24) is 19.7 Å². The molecule has 0 saturated carbocycles. The van der Waals surface area contributed by atoms with Crippen LogP contribution in [0.2, 0.25) is 0 Å². The van der Waals surface area contributed by atoms with Crippen LogP contribution in [-0.2, 0) is 13.5 Å². The molecular formula is C17H14N4S2. The molecule has 4 aromatic rings. The predicted molar refractivity (Wildman–Crippen MR) is 94.0 cm³/mol. The highest BCUT2D eigenvalue weighted by Gasteiger charge is 2.13. The van der Waals surface area contributed by atoms with Gasteiger partial charge in [-0.25, -0.2) is 4.98 Å². The minimum absolute atomic E-state index is 0.782. The highest BCUT2D eigenvalue weighted by Crippen LogP contribution is 2.33. The molecule has 0 aliphatic heterocycles. The Morgan fingerprint density at radius 3 is 2.61 bits per heavy atom. The Balaban J connectivity index is 1.58. The lowest BCUT2D eigenvalue weighted by Crippen LogP contribution is -2.00. The fourth-order valence-corrected chi connectivity index (χ4v) is 4.32. The van der Waals surface area contributed by atoms with Crippen molar-refractivity contribution in [1.29, 1.82) is 0 Å². The first-order valence-corrected chi connectivity index (χ1v) is 8.88. The molecule has 0 atom stereocenters. The summed E-state index contributed by atoms with van der Waals surface area (Å²) in [6, 6.07) is 18.5. The molecule has 0 aliphatic rings. The van der Waals surface area contributed by atoms with Crippen LogP contribution >= 0.6 is 23.1 Å². The summed E-state index contributed by atoms with van der Waals surface area (Å²) in [5.41, 5.74) is 2.27. The summed E-state index contributed by atoms with van der Waals surface area (Å²) in [5, 5.41) is 9.52. The van der Waals surface area contributed by atoms with Gasteiger partial charge in [-0.05, 0) is 29.5 Å². The molecule has 0 bridgehead atoms. The average molecular weight is 338 g/mol. The molecule has 0 spiro atoms. The molecule has 114 valence electrons. The largest absolute Gasteiger partial charge is 0.309 e. The lowest BCUT2D eigenvalue weighted by atomic mass is 10.1. The maximum atomic E-state index is 4.64. The Kier molecular flexibility index (Phi) is 3.85. The van der Waals surface area contributed by atoms with Gasteiger partial charge in [0.25, 0.3) is 0 Å². The quantitative estimate of drug-likeness (QED) is 0.560. The third-order valence-corrected chi connectivity index (χ3v) is 5.72. The van der Waals surface area contributed by atoms with Crippen molar-refractivity contribution in [2.75, 3.05) is 0 Å². The van der Waals surface area contributed by atoms with Crippen LogP contribution in [0, 0.1) is 0 Å². The van der Waals surface area contributed by atoms with Gasteiger partial charge in [-0.3, -0.25) is 0 Å². The molecule has 0 unspecified atom stereocenters. The molecule has 4 nitrogen and oxygen atoms in total. The van der Waals surface area contributed by atoms with Crippen LogP contribution in [0.15, 0.2) is 64.1 Å². The second kappa shape index (κ2) is 6.14. The number of para-hydroxylation sites is 1. The standard InChI is InChI=1S/C17H14N4S2/c1-21-15(11-12-7-3-2-4-8-12)19-20-16(21)23-17-18-13-9-5-6-10-14(13)22-17/h2-10H,11H2,1H3. The number of fused-ring (bicyclic) bond motifs is 1. The van der Waals surface area contributed by atoms with Crippen molar-refractivity contribution in [3.8, 4) is 0 Å². The first kappa shape index (κ1) is 14.4. The summed E-state index contributed by atoms with van der Waals surface area (Å²) in [6.45, 7) is 0. The van der Waals surface area contributed by atoms with E-state index in [1.54, 1.807) is 23.1 Å². The van der Waals surface area contributed by atoms with Gasteiger partial charge in [0.1, 0.15) is 5.82 Å². The monoisotopic (exact) mass is 338 g/mol. The summed E-state index contributed by atoms with van der Waals surface area (Å²) < 4.78 is 4.23. The molecule has 0 aliphatic carbocycles. The average Bonchev–Trinajstić information content (AvgIpc) is 3.14. The maximum Gasteiger partial charge on any atom is 0.198 e. The zero-order chi connectivity index (χ0) is 15.6. The van der Waals surface area contributed by atoms with E-state index in [9.17, 15) is 0 Å². The van der Waals surface area contributed by atoms with Gasteiger partial charge < -0.3 is 4.57 Å². The summed E-state index contributed by atoms with van der Waals surface area (Å²) >= 11 is 3.25. The highest BCUT2D eigenvalue weighted by atomic mass is 32.2. The number of nitrogens with zero attached hydrogens (tertiary/aromatic N) is 4. The Labute approximate surface area is 142 Å². The van der Waals surface area contributed by atoms with Gasteiger partial charge in [0, 0.05) is 13.5 Å². The molecular weight excluding hydrogens is 324 g/mol. The molecule has 0 N–H and O–H groups in total. The van der Waals surface area contributed by atoms with E-state index in [-0.39, 0.29) is 0 Å². The predicted octanol–water partition coefficient (Wildman–Crippen LogP) is 4.17. The topological polar surface area (TPSA) is 43.6 Å². The number of benzene rings is 2. The van der Waals surface area contributed by atoms with Crippen molar-refractivity contribution in [2.24, 2.45) is 7.05 Å². The van der Waals surface area contributed by atoms with E-state index < -0.39 is 0 Å². The van der Waals surface area contributed by atoms with Crippen molar-refractivity contribution in [2.45, 2.75) is 15.9 Å². The summed E-state index contributed by atoms with van der Waals surface area (Å²) in [4.78, 5) is 4.64. The van der Waals surface area contributed by atoms with Gasteiger partial charge in [0.15, 0.2) is 9.50 Å². The van der Waals surface area contributed by atoms with Crippen LogP contribution in [0.3, 0.4) is 0 Å². The van der Waals surface area contributed by atoms with E-state index in [1.807, 2.05) is 48.0 Å². The van der Waals surface area contributed by atoms with E-state index in [1.165, 1.54) is 10.3 Å². The van der Waals surface area contributed by atoms with Gasteiger partial charge >= 0.3 is 0 Å². The lowest BCUT2D eigenvalue weighted by Gasteiger charge is -2.02. The molecule has 4 rings (SSSR count). The number of rotatable bonds is 4. The first-order valence-electron chi connectivity index (χ1n) is 7.25. The second-order valence-corrected chi connectivity index (χ2v) is 7.41. The SMILES string of the molecule is Cn1c(Cc2ccccc2)nnc1Sc1nc2ccccc2s1. The third kappa shape index (κ3) is 3.00.